The number of nitrogen functional groups attached to an aromatic ring is 1. The van der Waals surface area contributed by atoms with Gasteiger partial charge in [0, 0.05) is 35.4 Å². The quantitative estimate of drug-likeness (QED) is 0.553. The summed E-state index contributed by atoms with van der Waals surface area (Å²) in [5, 5.41) is 7.49. The molecule has 1 amide bonds. The predicted molar refractivity (Wildman–Crippen MR) is 132 cm³/mol. The van der Waals surface area contributed by atoms with Crippen molar-refractivity contribution in [1.29, 1.82) is 0 Å². The number of nitrogens with one attached hydrogen (secondary N) is 2. The van der Waals surface area contributed by atoms with E-state index in [1.165, 1.54) is 29.9 Å². The first kappa shape index (κ1) is 20.7. The summed E-state index contributed by atoms with van der Waals surface area (Å²) in [6.45, 7) is 5.73. The van der Waals surface area contributed by atoms with Crippen molar-refractivity contribution in [2.75, 3.05) is 36.9 Å². The lowest BCUT2D eigenvalue weighted by Gasteiger charge is -2.34. The summed E-state index contributed by atoms with van der Waals surface area (Å²) < 4.78 is 6.12. The molecule has 5 heterocycles. The molecule has 2 fully saturated rings. The number of pyridine rings is 1. The minimum absolute atomic E-state index is 0.0873. The number of anilines is 2. The summed E-state index contributed by atoms with van der Waals surface area (Å²) in [5.74, 6) is 1.53. The highest BCUT2D eigenvalue weighted by atomic mass is 32.1. The molecule has 0 saturated carbocycles. The number of piperidine rings is 1. The molecule has 2 aromatic heterocycles. The van der Waals surface area contributed by atoms with Crippen molar-refractivity contribution >= 4 is 38.8 Å². The minimum atomic E-state index is -0.157. The Hall–Kier alpha value is -2.84. The van der Waals surface area contributed by atoms with Gasteiger partial charge in [-0.25, -0.2) is 4.98 Å². The second-order valence-corrected chi connectivity index (χ2v) is 10.4. The fraction of sp³-hybridized carbons (Fsp3) is 0.440. The molecule has 3 atom stereocenters. The molecular weight excluding hydrogens is 434 g/mol. The summed E-state index contributed by atoms with van der Waals surface area (Å²) >= 11 is 1.35. The largest absolute Gasteiger partial charge is 0.491 e. The fourth-order valence-electron chi connectivity index (χ4n) is 5.55. The third kappa shape index (κ3) is 3.71. The second kappa shape index (κ2) is 8.18. The van der Waals surface area contributed by atoms with Crippen LogP contribution >= 0.6 is 11.3 Å². The SMILES string of the molecule is Cc1ccc2c(N)c(C(=O)N[C@H]3COc4cc(N5CC[C@@H]6CNCC[C@@H]65)ccc4C3)sc2n1. The molecule has 0 radical (unpaired) electrons. The van der Waals surface area contributed by atoms with E-state index in [9.17, 15) is 4.79 Å². The number of nitrogens with zero attached hydrogens (tertiary/aromatic N) is 2. The lowest BCUT2D eigenvalue weighted by Crippen LogP contribution is -2.44. The van der Waals surface area contributed by atoms with Crippen LogP contribution in [0.5, 0.6) is 5.75 Å². The number of amides is 1. The molecule has 3 aliphatic rings. The molecule has 0 aliphatic carbocycles. The normalized spacial score (nSPS) is 24.3. The lowest BCUT2D eigenvalue weighted by molar-refractivity contribution is 0.0920. The van der Waals surface area contributed by atoms with Gasteiger partial charge in [0.15, 0.2) is 0 Å². The molecule has 6 rings (SSSR count). The maximum absolute atomic E-state index is 13.0. The Bertz CT molecular complexity index is 1220. The van der Waals surface area contributed by atoms with Gasteiger partial charge in [-0.05, 0) is 69.0 Å². The van der Waals surface area contributed by atoms with Gasteiger partial charge in [-0.3, -0.25) is 4.79 Å². The molecular formula is C25H29N5O2S. The van der Waals surface area contributed by atoms with E-state index in [1.807, 2.05) is 19.1 Å². The predicted octanol–water partition coefficient (Wildman–Crippen LogP) is 3.11. The van der Waals surface area contributed by atoms with Gasteiger partial charge in [-0.2, -0.15) is 0 Å². The van der Waals surface area contributed by atoms with Gasteiger partial charge in [0.2, 0.25) is 0 Å². The number of carbonyl (C=O) groups excluding carboxylic acids is 1. The number of benzene rings is 1. The molecule has 4 N–H and O–H groups in total. The van der Waals surface area contributed by atoms with E-state index in [0.717, 1.165) is 59.2 Å². The summed E-state index contributed by atoms with van der Waals surface area (Å²) in [7, 11) is 0. The van der Waals surface area contributed by atoms with Crippen LogP contribution in [0.2, 0.25) is 0 Å². The number of thiophene rings is 1. The van der Waals surface area contributed by atoms with Crippen molar-refractivity contribution in [2.24, 2.45) is 5.92 Å². The molecule has 3 aliphatic heterocycles. The molecule has 1 aromatic carbocycles. The van der Waals surface area contributed by atoms with Crippen LogP contribution in [0.4, 0.5) is 11.4 Å². The molecule has 0 spiro atoms. The van der Waals surface area contributed by atoms with E-state index >= 15 is 0 Å². The highest BCUT2D eigenvalue weighted by Crippen LogP contribution is 2.37. The van der Waals surface area contributed by atoms with E-state index in [1.54, 1.807) is 0 Å². The molecule has 0 bridgehead atoms. The van der Waals surface area contributed by atoms with Gasteiger partial charge in [0.25, 0.3) is 5.91 Å². The van der Waals surface area contributed by atoms with E-state index in [2.05, 4.69) is 38.7 Å². The van der Waals surface area contributed by atoms with Crippen LogP contribution in [0, 0.1) is 12.8 Å². The van der Waals surface area contributed by atoms with Crippen LogP contribution in [-0.4, -0.2) is 49.2 Å². The first-order valence-corrected chi connectivity index (χ1v) is 12.6. The van der Waals surface area contributed by atoms with Crippen molar-refractivity contribution in [3.63, 3.8) is 0 Å². The summed E-state index contributed by atoms with van der Waals surface area (Å²) in [6.07, 6.45) is 3.20. The molecule has 3 aromatic rings. The number of hydrogen-bond donors (Lipinski definition) is 3. The van der Waals surface area contributed by atoms with Gasteiger partial charge in [-0.1, -0.05) is 6.07 Å². The Morgan fingerprint density at radius 3 is 3.12 bits per heavy atom. The van der Waals surface area contributed by atoms with Crippen LogP contribution in [0.1, 0.15) is 33.8 Å². The van der Waals surface area contributed by atoms with Crippen LogP contribution in [0.25, 0.3) is 10.2 Å². The summed E-state index contributed by atoms with van der Waals surface area (Å²) in [5.41, 5.74) is 10.1. The average Bonchev–Trinajstić information content (AvgIpc) is 3.40. The van der Waals surface area contributed by atoms with Crippen molar-refractivity contribution in [3.8, 4) is 5.75 Å². The zero-order valence-corrected chi connectivity index (χ0v) is 19.6. The van der Waals surface area contributed by atoms with Crippen LogP contribution in [0.15, 0.2) is 30.3 Å². The number of carbonyl (C=O) groups is 1. The first-order chi connectivity index (χ1) is 16.1. The average molecular weight is 464 g/mol. The van der Waals surface area contributed by atoms with Crippen LogP contribution in [0.3, 0.4) is 0 Å². The number of hydrogen-bond acceptors (Lipinski definition) is 7. The number of ether oxygens (including phenoxy) is 1. The van der Waals surface area contributed by atoms with Gasteiger partial charge in [0.1, 0.15) is 22.1 Å². The third-order valence-electron chi connectivity index (χ3n) is 7.27. The van der Waals surface area contributed by atoms with Crippen molar-refractivity contribution in [3.05, 3.63) is 46.5 Å². The number of nitrogens with two attached hydrogens (primary N) is 1. The Morgan fingerprint density at radius 2 is 2.21 bits per heavy atom. The maximum atomic E-state index is 13.0. The van der Waals surface area contributed by atoms with Crippen LogP contribution < -0.4 is 26.0 Å². The highest BCUT2D eigenvalue weighted by molar-refractivity contribution is 7.21. The Labute approximate surface area is 197 Å². The Balaban J connectivity index is 1.16. The third-order valence-corrected chi connectivity index (χ3v) is 8.39. The van der Waals surface area contributed by atoms with Gasteiger partial charge < -0.3 is 26.0 Å². The van der Waals surface area contributed by atoms with Gasteiger partial charge in [-0.15, -0.1) is 11.3 Å². The Kier molecular flexibility index (Phi) is 5.14. The van der Waals surface area contributed by atoms with E-state index in [0.29, 0.717) is 23.2 Å². The fourth-order valence-corrected chi connectivity index (χ4v) is 6.59. The van der Waals surface area contributed by atoms with E-state index in [4.69, 9.17) is 10.5 Å². The molecule has 33 heavy (non-hydrogen) atoms. The number of aromatic nitrogens is 1. The van der Waals surface area contributed by atoms with Crippen LogP contribution in [-0.2, 0) is 6.42 Å². The topological polar surface area (TPSA) is 92.5 Å². The molecule has 8 heteroatoms. The lowest BCUT2D eigenvalue weighted by atomic mass is 9.94. The molecule has 172 valence electrons. The number of rotatable bonds is 3. The Morgan fingerprint density at radius 1 is 1.30 bits per heavy atom. The van der Waals surface area contributed by atoms with E-state index in [-0.39, 0.29) is 11.9 Å². The standard InChI is InChI=1S/C25H29N5O2S/c1-14-2-5-19-22(26)23(33-25(19)28-14)24(31)29-17-10-15-3-4-18(11-21(15)32-13-17)30-9-7-16-12-27-8-6-20(16)30/h2-5,11,16-17,20,27H,6-10,12-13,26H2,1H3,(H,29,31)/t16-,17-,20+/m1/s1. The van der Waals surface area contributed by atoms with Crippen molar-refractivity contribution in [1.82, 2.24) is 15.6 Å². The maximum Gasteiger partial charge on any atom is 0.263 e. The van der Waals surface area contributed by atoms with Gasteiger partial charge in [0.05, 0.1) is 11.7 Å². The monoisotopic (exact) mass is 463 g/mol. The summed E-state index contributed by atoms with van der Waals surface area (Å²) in [4.78, 5) is 21.4. The molecule has 2 saturated heterocycles. The zero-order valence-electron chi connectivity index (χ0n) is 18.8. The summed E-state index contributed by atoms with van der Waals surface area (Å²) in [6, 6.07) is 11.0. The van der Waals surface area contributed by atoms with Crippen molar-refractivity contribution in [2.45, 2.75) is 38.3 Å². The highest BCUT2D eigenvalue weighted by Gasteiger charge is 2.36. The zero-order chi connectivity index (χ0) is 22.5. The van der Waals surface area contributed by atoms with Crippen molar-refractivity contribution < 1.29 is 9.53 Å². The van der Waals surface area contributed by atoms with E-state index < -0.39 is 0 Å². The minimum Gasteiger partial charge on any atom is -0.491 e. The smallest absolute Gasteiger partial charge is 0.263 e. The van der Waals surface area contributed by atoms with Gasteiger partial charge >= 0.3 is 0 Å². The molecule has 0 unspecified atom stereocenters. The first-order valence-electron chi connectivity index (χ1n) is 11.8. The number of fused-ring (bicyclic) bond motifs is 3. The number of aryl methyl sites for hydroxylation is 1. The molecule has 7 nitrogen and oxygen atoms in total. The second-order valence-electron chi connectivity index (χ2n) is 9.43.